The predicted molar refractivity (Wildman–Crippen MR) is 111 cm³/mol. The maximum atomic E-state index is 12.8. The second-order valence-corrected chi connectivity index (χ2v) is 8.57. The Bertz CT molecular complexity index is 1090. The number of H-pyrrole nitrogens is 1. The number of hydrogen-bond donors (Lipinski definition) is 2. The SMILES string of the molecule is CC(C)(C)c1cc(C2CC2)cc2c(=O)cc(C(=O)NCc3ccccn3)[nH]c12. The molecule has 1 fully saturated rings. The molecule has 5 nitrogen and oxygen atoms in total. The van der Waals surface area contributed by atoms with E-state index in [1.54, 1.807) is 6.20 Å². The number of benzene rings is 1. The van der Waals surface area contributed by atoms with Gasteiger partial charge in [0.05, 0.1) is 17.8 Å². The molecule has 1 amide bonds. The van der Waals surface area contributed by atoms with Crippen molar-refractivity contribution in [3.8, 4) is 0 Å². The Balaban J connectivity index is 1.73. The van der Waals surface area contributed by atoms with Gasteiger partial charge in [-0.25, -0.2) is 0 Å². The van der Waals surface area contributed by atoms with E-state index in [1.165, 1.54) is 24.5 Å². The van der Waals surface area contributed by atoms with Gasteiger partial charge in [-0.15, -0.1) is 0 Å². The Hall–Kier alpha value is -2.95. The summed E-state index contributed by atoms with van der Waals surface area (Å²) in [5.74, 6) is 0.252. The highest BCUT2D eigenvalue weighted by atomic mass is 16.2. The third kappa shape index (κ3) is 3.70. The van der Waals surface area contributed by atoms with Crippen molar-refractivity contribution in [1.82, 2.24) is 15.3 Å². The van der Waals surface area contributed by atoms with Crippen LogP contribution in [0.2, 0.25) is 0 Å². The number of nitrogens with one attached hydrogen (secondary N) is 2. The van der Waals surface area contributed by atoms with Gasteiger partial charge in [-0.05, 0) is 53.5 Å². The van der Waals surface area contributed by atoms with E-state index in [-0.39, 0.29) is 22.4 Å². The summed E-state index contributed by atoms with van der Waals surface area (Å²) in [5.41, 5.74) is 3.84. The maximum absolute atomic E-state index is 12.8. The largest absolute Gasteiger partial charge is 0.350 e. The van der Waals surface area contributed by atoms with Crippen molar-refractivity contribution in [1.29, 1.82) is 0 Å². The van der Waals surface area contributed by atoms with Gasteiger partial charge in [0, 0.05) is 17.6 Å². The molecule has 1 aliphatic rings. The summed E-state index contributed by atoms with van der Waals surface area (Å²) in [6.07, 6.45) is 4.05. The van der Waals surface area contributed by atoms with Gasteiger partial charge in [0.15, 0.2) is 5.43 Å². The van der Waals surface area contributed by atoms with Gasteiger partial charge < -0.3 is 10.3 Å². The lowest BCUT2D eigenvalue weighted by Crippen LogP contribution is -2.26. The van der Waals surface area contributed by atoms with Gasteiger partial charge in [-0.1, -0.05) is 32.9 Å². The number of fused-ring (bicyclic) bond motifs is 1. The van der Waals surface area contributed by atoms with Crippen LogP contribution in [0.15, 0.2) is 47.4 Å². The fraction of sp³-hybridized carbons (Fsp3) is 0.348. The monoisotopic (exact) mass is 375 g/mol. The van der Waals surface area contributed by atoms with Crippen LogP contribution in [0.4, 0.5) is 0 Å². The second-order valence-electron chi connectivity index (χ2n) is 8.57. The number of amides is 1. The van der Waals surface area contributed by atoms with E-state index in [0.717, 1.165) is 16.8 Å². The molecule has 4 rings (SSSR count). The summed E-state index contributed by atoms with van der Waals surface area (Å²) < 4.78 is 0. The van der Waals surface area contributed by atoms with Gasteiger partial charge in [0.1, 0.15) is 5.69 Å². The molecular formula is C23H25N3O2. The summed E-state index contributed by atoms with van der Waals surface area (Å²) in [6, 6.07) is 11.2. The van der Waals surface area contributed by atoms with Crippen LogP contribution in [-0.4, -0.2) is 15.9 Å². The highest BCUT2D eigenvalue weighted by Crippen LogP contribution is 2.42. The Morgan fingerprint density at radius 2 is 2.00 bits per heavy atom. The van der Waals surface area contributed by atoms with Crippen LogP contribution in [0, 0.1) is 0 Å². The Morgan fingerprint density at radius 3 is 2.64 bits per heavy atom. The predicted octanol–water partition coefficient (Wildman–Crippen LogP) is 4.03. The van der Waals surface area contributed by atoms with Crippen molar-refractivity contribution >= 4 is 16.8 Å². The smallest absolute Gasteiger partial charge is 0.268 e. The van der Waals surface area contributed by atoms with Crippen molar-refractivity contribution in [3.05, 3.63) is 75.3 Å². The third-order valence-corrected chi connectivity index (χ3v) is 5.22. The minimum Gasteiger partial charge on any atom is -0.350 e. The van der Waals surface area contributed by atoms with Gasteiger partial charge in [0.2, 0.25) is 0 Å². The summed E-state index contributed by atoms with van der Waals surface area (Å²) in [6.45, 7) is 6.70. The molecule has 1 saturated carbocycles. The topological polar surface area (TPSA) is 74.8 Å². The highest BCUT2D eigenvalue weighted by Gasteiger charge is 2.27. The summed E-state index contributed by atoms with van der Waals surface area (Å²) in [4.78, 5) is 32.9. The molecule has 2 heterocycles. The first-order chi connectivity index (χ1) is 13.3. The van der Waals surface area contributed by atoms with E-state index in [1.807, 2.05) is 24.3 Å². The molecule has 3 aromatic rings. The molecule has 5 heteroatoms. The molecule has 0 unspecified atom stereocenters. The fourth-order valence-corrected chi connectivity index (χ4v) is 3.51. The van der Waals surface area contributed by atoms with Crippen LogP contribution in [0.5, 0.6) is 0 Å². The van der Waals surface area contributed by atoms with Crippen LogP contribution in [-0.2, 0) is 12.0 Å². The molecular weight excluding hydrogens is 350 g/mol. The molecule has 0 atom stereocenters. The number of pyridine rings is 2. The van der Waals surface area contributed by atoms with Crippen molar-refractivity contribution in [2.24, 2.45) is 0 Å². The van der Waals surface area contributed by atoms with E-state index >= 15 is 0 Å². The maximum Gasteiger partial charge on any atom is 0.268 e. The van der Waals surface area contributed by atoms with E-state index in [2.05, 4.69) is 42.1 Å². The molecule has 0 spiro atoms. The first-order valence-electron chi connectivity index (χ1n) is 9.72. The normalized spacial score (nSPS) is 14.2. The van der Waals surface area contributed by atoms with E-state index in [0.29, 0.717) is 17.8 Å². The lowest BCUT2D eigenvalue weighted by atomic mass is 9.83. The van der Waals surface area contributed by atoms with Crippen LogP contribution < -0.4 is 10.7 Å². The highest BCUT2D eigenvalue weighted by molar-refractivity contribution is 5.95. The molecule has 1 aromatic carbocycles. The number of nitrogens with zero attached hydrogens (tertiary/aromatic N) is 1. The molecule has 2 aromatic heterocycles. The lowest BCUT2D eigenvalue weighted by Gasteiger charge is -2.22. The number of hydrogen-bond acceptors (Lipinski definition) is 3. The summed E-state index contributed by atoms with van der Waals surface area (Å²) in [7, 11) is 0. The second kappa shape index (κ2) is 6.89. The van der Waals surface area contributed by atoms with E-state index in [4.69, 9.17) is 0 Å². The number of carbonyl (C=O) groups is 1. The average Bonchev–Trinajstić information content (AvgIpc) is 3.50. The molecule has 144 valence electrons. The first kappa shape index (κ1) is 18.4. The number of aromatic amines is 1. The van der Waals surface area contributed by atoms with Gasteiger partial charge in [0.25, 0.3) is 5.91 Å². The molecule has 28 heavy (non-hydrogen) atoms. The number of carbonyl (C=O) groups excluding carboxylic acids is 1. The minimum atomic E-state index is -0.309. The van der Waals surface area contributed by atoms with Crippen LogP contribution in [0.1, 0.15) is 66.8 Å². The Labute approximate surface area is 164 Å². The zero-order chi connectivity index (χ0) is 19.9. The average molecular weight is 375 g/mol. The Kier molecular flexibility index (Phi) is 4.53. The fourth-order valence-electron chi connectivity index (χ4n) is 3.51. The quantitative estimate of drug-likeness (QED) is 0.723. The van der Waals surface area contributed by atoms with Gasteiger partial charge in [-0.2, -0.15) is 0 Å². The standard InChI is InChI=1S/C23H25N3O2/c1-23(2,3)18-11-15(14-7-8-14)10-17-20(27)12-19(26-21(17)18)22(28)25-13-16-6-4-5-9-24-16/h4-6,9-12,14H,7-8,13H2,1-3H3,(H,25,28)(H,26,27). The van der Waals surface area contributed by atoms with Crippen LogP contribution >= 0.6 is 0 Å². The third-order valence-electron chi connectivity index (χ3n) is 5.22. The lowest BCUT2D eigenvalue weighted by molar-refractivity contribution is 0.0945. The van der Waals surface area contributed by atoms with Gasteiger partial charge >= 0.3 is 0 Å². The molecule has 2 N–H and O–H groups in total. The van der Waals surface area contributed by atoms with E-state index < -0.39 is 0 Å². The molecule has 0 saturated heterocycles. The molecule has 0 bridgehead atoms. The molecule has 0 aliphatic heterocycles. The molecule has 0 radical (unpaired) electrons. The minimum absolute atomic E-state index is 0.121. The number of rotatable bonds is 4. The zero-order valence-electron chi connectivity index (χ0n) is 16.5. The number of aromatic nitrogens is 2. The van der Waals surface area contributed by atoms with Crippen LogP contribution in [0.25, 0.3) is 10.9 Å². The van der Waals surface area contributed by atoms with Crippen molar-refractivity contribution in [3.63, 3.8) is 0 Å². The zero-order valence-corrected chi connectivity index (χ0v) is 16.5. The molecule has 1 aliphatic carbocycles. The Morgan fingerprint density at radius 1 is 1.21 bits per heavy atom. The van der Waals surface area contributed by atoms with Crippen molar-refractivity contribution in [2.45, 2.75) is 51.5 Å². The summed E-state index contributed by atoms with van der Waals surface area (Å²) in [5, 5.41) is 3.50. The first-order valence-corrected chi connectivity index (χ1v) is 9.72. The van der Waals surface area contributed by atoms with Gasteiger partial charge in [-0.3, -0.25) is 14.6 Å². The summed E-state index contributed by atoms with van der Waals surface area (Å²) >= 11 is 0. The van der Waals surface area contributed by atoms with Crippen molar-refractivity contribution < 1.29 is 4.79 Å². The van der Waals surface area contributed by atoms with E-state index in [9.17, 15) is 9.59 Å². The van der Waals surface area contributed by atoms with Crippen LogP contribution in [0.3, 0.4) is 0 Å². The van der Waals surface area contributed by atoms with Crippen molar-refractivity contribution in [2.75, 3.05) is 0 Å².